The first kappa shape index (κ1) is 22.7. The van der Waals surface area contributed by atoms with Gasteiger partial charge in [0.05, 0.1) is 18.2 Å². The molecule has 0 aromatic heterocycles. The monoisotopic (exact) mass is 441 g/mol. The van der Waals surface area contributed by atoms with Crippen LogP contribution in [0.5, 0.6) is 0 Å². The van der Waals surface area contributed by atoms with Crippen LogP contribution in [0.1, 0.15) is 97.3 Å². The molecule has 0 aromatic carbocycles. The molecule has 0 bridgehead atoms. The molecule has 0 radical (unpaired) electrons. The minimum Gasteiger partial charge on any atom is -0.394 e. The largest absolute Gasteiger partial charge is 0.394 e. The van der Waals surface area contributed by atoms with E-state index in [4.69, 9.17) is 0 Å². The quantitative estimate of drug-likeness (QED) is 0.424. The Bertz CT molecular complexity index is 809. The summed E-state index contributed by atoms with van der Waals surface area (Å²) in [4.78, 5) is 13.1. The first-order valence-electron chi connectivity index (χ1n) is 13.3. The average molecular weight is 442 g/mol. The lowest BCUT2D eigenvalue weighted by atomic mass is 9.48. The molecule has 4 nitrogen and oxygen atoms in total. The van der Waals surface area contributed by atoms with Crippen molar-refractivity contribution in [1.29, 1.82) is 0 Å². The van der Waals surface area contributed by atoms with Gasteiger partial charge in [0.15, 0.2) is 0 Å². The summed E-state index contributed by atoms with van der Waals surface area (Å²) in [6, 6.07) is 0. The number of rotatable bonds is 3. The highest BCUT2D eigenvalue weighted by Crippen LogP contribution is 2.66. The zero-order valence-electron chi connectivity index (χ0n) is 20.2. The van der Waals surface area contributed by atoms with Crippen LogP contribution in [0.2, 0.25) is 0 Å². The van der Waals surface area contributed by atoms with Crippen LogP contribution in [0.4, 0.5) is 0 Å². The number of allylic oxidation sites excluding steroid dienone is 2. The first-order valence-corrected chi connectivity index (χ1v) is 13.3. The average Bonchev–Trinajstić information content (AvgIpc) is 3.11. The number of amides is 1. The third kappa shape index (κ3) is 3.60. The van der Waals surface area contributed by atoms with E-state index in [2.05, 4.69) is 25.2 Å². The molecule has 0 unspecified atom stereocenters. The van der Waals surface area contributed by atoms with E-state index in [1.807, 2.05) is 6.08 Å². The third-order valence-corrected chi connectivity index (χ3v) is 10.7. The number of fused-ring (bicyclic) bond motifs is 5. The number of aliphatic hydroxyl groups excluding tert-OH is 2. The maximum Gasteiger partial charge on any atom is 0.244 e. The summed E-state index contributed by atoms with van der Waals surface area (Å²) >= 11 is 0. The summed E-state index contributed by atoms with van der Waals surface area (Å²) < 4.78 is 0. The van der Waals surface area contributed by atoms with Crippen LogP contribution in [-0.4, -0.2) is 34.4 Å². The number of aliphatic hydroxyl groups is 2. The molecule has 0 heterocycles. The highest BCUT2D eigenvalue weighted by atomic mass is 16.3. The van der Waals surface area contributed by atoms with Crippen LogP contribution < -0.4 is 5.32 Å². The Hall–Kier alpha value is -1.13. The van der Waals surface area contributed by atoms with Crippen LogP contribution in [0.3, 0.4) is 0 Å². The molecule has 4 heteroatoms. The fraction of sp³-hybridized carbons (Fsp3) is 0.821. The third-order valence-electron chi connectivity index (χ3n) is 10.7. The maximum absolute atomic E-state index is 13.1. The number of carbonyl (C=O) groups is 1. The van der Waals surface area contributed by atoms with Crippen molar-refractivity contribution >= 4 is 5.91 Å². The van der Waals surface area contributed by atoms with Crippen LogP contribution in [0.15, 0.2) is 23.3 Å². The Morgan fingerprint density at radius 2 is 1.78 bits per heavy atom. The zero-order valence-corrected chi connectivity index (χ0v) is 20.2. The highest BCUT2D eigenvalue weighted by Gasteiger charge is 2.57. The Morgan fingerprint density at radius 3 is 2.53 bits per heavy atom. The molecule has 0 spiro atoms. The predicted molar refractivity (Wildman–Crippen MR) is 127 cm³/mol. The van der Waals surface area contributed by atoms with Crippen molar-refractivity contribution in [3.63, 3.8) is 0 Å². The second-order valence-electron chi connectivity index (χ2n) is 12.3. The van der Waals surface area contributed by atoms with Crippen LogP contribution in [-0.2, 0) is 4.79 Å². The Kier molecular flexibility index (Phi) is 5.85. The Morgan fingerprint density at radius 1 is 1.06 bits per heavy atom. The second-order valence-corrected chi connectivity index (χ2v) is 12.3. The smallest absolute Gasteiger partial charge is 0.244 e. The molecular formula is C28H43NO3. The van der Waals surface area contributed by atoms with Crippen LogP contribution in [0.25, 0.3) is 0 Å². The molecular weight excluding hydrogens is 398 g/mol. The van der Waals surface area contributed by atoms with Gasteiger partial charge in [-0.3, -0.25) is 4.79 Å². The lowest BCUT2D eigenvalue weighted by Gasteiger charge is -2.57. The topological polar surface area (TPSA) is 69.6 Å². The van der Waals surface area contributed by atoms with Gasteiger partial charge in [-0.15, -0.1) is 0 Å². The molecule has 5 aliphatic carbocycles. The van der Waals surface area contributed by atoms with Gasteiger partial charge in [-0.2, -0.15) is 0 Å². The van der Waals surface area contributed by atoms with Crippen molar-refractivity contribution in [1.82, 2.24) is 5.32 Å². The summed E-state index contributed by atoms with van der Waals surface area (Å²) in [5.74, 6) is 2.09. The van der Waals surface area contributed by atoms with Crippen molar-refractivity contribution in [3.8, 4) is 0 Å². The summed E-state index contributed by atoms with van der Waals surface area (Å²) in [5.41, 5.74) is 2.86. The molecule has 32 heavy (non-hydrogen) atoms. The van der Waals surface area contributed by atoms with Gasteiger partial charge in [-0.05, 0) is 92.8 Å². The summed E-state index contributed by atoms with van der Waals surface area (Å²) in [6.07, 6.45) is 18.2. The first-order chi connectivity index (χ1) is 15.3. The molecule has 178 valence electrons. The molecule has 0 saturated heterocycles. The lowest BCUT2D eigenvalue weighted by Crippen LogP contribution is -2.52. The molecule has 1 amide bonds. The van der Waals surface area contributed by atoms with E-state index >= 15 is 0 Å². The molecule has 0 aliphatic heterocycles. The van der Waals surface area contributed by atoms with Gasteiger partial charge in [-0.25, -0.2) is 0 Å². The number of nitrogens with one attached hydrogen (secondary N) is 1. The molecule has 4 fully saturated rings. The van der Waals surface area contributed by atoms with Crippen LogP contribution in [0, 0.1) is 28.6 Å². The van der Waals surface area contributed by atoms with Gasteiger partial charge in [0, 0.05) is 6.08 Å². The fourth-order valence-electron chi connectivity index (χ4n) is 8.73. The molecule has 5 rings (SSSR count). The maximum atomic E-state index is 13.1. The van der Waals surface area contributed by atoms with E-state index in [1.54, 1.807) is 0 Å². The predicted octanol–water partition coefficient (Wildman–Crippen LogP) is 5.05. The number of carbonyl (C=O) groups excluding carboxylic acids is 1. The van der Waals surface area contributed by atoms with Gasteiger partial charge in [0.1, 0.15) is 0 Å². The minimum atomic E-state index is -0.409. The number of hydrogen-bond donors (Lipinski definition) is 3. The van der Waals surface area contributed by atoms with Crippen molar-refractivity contribution in [2.45, 2.75) is 109 Å². The van der Waals surface area contributed by atoms with Crippen molar-refractivity contribution in [2.24, 2.45) is 28.6 Å². The van der Waals surface area contributed by atoms with Gasteiger partial charge in [-0.1, -0.05) is 50.3 Å². The summed E-state index contributed by atoms with van der Waals surface area (Å²) in [7, 11) is 0. The lowest BCUT2D eigenvalue weighted by molar-refractivity contribution is -0.119. The van der Waals surface area contributed by atoms with E-state index in [0.717, 1.165) is 63.7 Å². The van der Waals surface area contributed by atoms with Gasteiger partial charge in [0.2, 0.25) is 5.91 Å². The van der Waals surface area contributed by atoms with Gasteiger partial charge in [0.25, 0.3) is 0 Å². The normalized spacial score (nSPS) is 44.2. The van der Waals surface area contributed by atoms with Crippen LogP contribution >= 0.6 is 0 Å². The van der Waals surface area contributed by atoms with Crippen molar-refractivity contribution in [3.05, 3.63) is 23.3 Å². The van der Waals surface area contributed by atoms with Crippen molar-refractivity contribution < 1.29 is 15.0 Å². The van der Waals surface area contributed by atoms with Gasteiger partial charge >= 0.3 is 0 Å². The SMILES string of the molecule is C[C@]12CC[C@H](O)CC1=CC[C@@H]1[C@@H]2CC[C@]2(C)/C(=C\C(=O)NC3(CO)CCCCC3)CC[C@@H]12. The van der Waals surface area contributed by atoms with Gasteiger partial charge < -0.3 is 15.5 Å². The van der Waals surface area contributed by atoms with E-state index in [-0.39, 0.29) is 29.4 Å². The summed E-state index contributed by atoms with van der Waals surface area (Å²) in [6.45, 7) is 4.95. The molecule has 4 saturated carbocycles. The van der Waals surface area contributed by atoms with Crippen molar-refractivity contribution in [2.75, 3.05) is 6.61 Å². The standard InChI is InChI=1S/C28H43NO3/c1-26-14-10-21(31)16-19(26)6-8-22-23-9-7-20(27(23,2)15-11-24(22)26)17-25(32)29-28(18-30)12-4-3-5-13-28/h6,17,21-24,30-31H,3-5,7-16,18H2,1-2H3,(H,29,32)/b20-17-/t21-,22-,23-,24-,26-,27+/m0/s1. The minimum absolute atomic E-state index is 0.0130. The van der Waals surface area contributed by atoms with E-state index in [1.165, 1.54) is 36.8 Å². The number of hydrogen-bond acceptors (Lipinski definition) is 3. The fourth-order valence-corrected chi connectivity index (χ4v) is 8.73. The van der Waals surface area contributed by atoms with E-state index in [9.17, 15) is 15.0 Å². The van der Waals surface area contributed by atoms with E-state index < -0.39 is 5.54 Å². The molecule has 0 aromatic rings. The zero-order chi connectivity index (χ0) is 22.6. The second kappa shape index (κ2) is 8.27. The molecule has 5 aliphatic rings. The highest BCUT2D eigenvalue weighted by molar-refractivity contribution is 5.89. The molecule has 6 atom stereocenters. The van der Waals surface area contributed by atoms with E-state index in [0.29, 0.717) is 11.8 Å². The Balaban J connectivity index is 1.34. The molecule has 3 N–H and O–H groups in total. The summed E-state index contributed by atoms with van der Waals surface area (Å²) in [5, 5.41) is 23.4. The Labute approximate surface area is 193 Å².